The highest BCUT2D eigenvalue weighted by Crippen LogP contribution is 2.16. The molecule has 2 amide bonds. The maximum Gasteiger partial charge on any atom is 0.367 e. The molecule has 0 aliphatic heterocycles. The molecule has 0 bridgehead atoms. The molecule has 0 radical (unpaired) electrons. The molecule has 2 aromatic carbocycles. The van der Waals surface area contributed by atoms with Crippen LogP contribution in [0.1, 0.15) is 24.2 Å². The van der Waals surface area contributed by atoms with Crippen LogP contribution in [0, 0.1) is 0 Å². The van der Waals surface area contributed by atoms with Crippen LogP contribution in [0.2, 0.25) is 0 Å². The van der Waals surface area contributed by atoms with E-state index in [1.54, 1.807) is 55.6 Å². The van der Waals surface area contributed by atoms with E-state index in [1.165, 1.54) is 0 Å². The van der Waals surface area contributed by atoms with Gasteiger partial charge >= 0.3 is 5.97 Å². The lowest BCUT2D eigenvalue weighted by molar-refractivity contribution is -0.863. The van der Waals surface area contributed by atoms with Gasteiger partial charge in [-0.3, -0.25) is 9.59 Å². The molecular weight excluding hydrogens is 358 g/mol. The minimum absolute atomic E-state index is 0.0631. The van der Waals surface area contributed by atoms with E-state index in [0.29, 0.717) is 17.0 Å². The zero-order valence-electron chi connectivity index (χ0n) is 16.3. The van der Waals surface area contributed by atoms with Crippen molar-refractivity contribution in [2.24, 2.45) is 0 Å². The predicted octanol–water partition coefficient (Wildman–Crippen LogP) is 0.884. The van der Waals surface area contributed by atoms with Crippen molar-refractivity contribution < 1.29 is 24.0 Å². The van der Waals surface area contributed by atoms with Crippen molar-refractivity contribution in [1.29, 1.82) is 0 Å². The van der Waals surface area contributed by atoms with E-state index in [0.717, 1.165) is 4.90 Å². The third-order valence-electron chi connectivity index (χ3n) is 3.74. The Morgan fingerprint density at radius 2 is 1.61 bits per heavy atom. The van der Waals surface area contributed by atoms with E-state index < -0.39 is 5.97 Å². The van der Waals surface area contributed by atoms with Crippen LogP contribution in [-0.2, 0) is 9.59 Å². The Balaban J connectivity index is 1.82. The number of rotatable bonds is 8. The van der Waals surface area contributed by atoms with Crippen LogP contribution in [0.25, 0.3) is 0 Å². The second kappa shape index (κ2) is 10.2. The fourth-order valence-electron chi connectivity index (χ4n) is 2.52. The highest BCUT2D eigenvalue weighted by Gasteiger charge is 2.16. The minimum Gasteiger partial charge on any atom is -0.422 e. The lowest BCUT2D eigenvalue weighted by Crippen LogP contribution is -3.11. The monoisotopic (exact) mass is 384 g/mol. The number of quaternary nitrogens is 1. The van der Waals surface area contributed by atoms with E-state index in [9.17, 15) is 14.4 Å². The second-order valence-corrected chi connectivity index (χ2v) is 6.85. The number of benzene rings is 2. The van der Waals surface area contributed by atoms with Gasteiger partial charge in [0.05, 0.1) is 7.05 Å². The lowest BCUT2D eigenvalue weighted by Gasteiger charge is -2.14. The molecule has 148 valence electrons. The Hall–Kier alpha value is -3.19. The number of hydrogen-bond donors (Lipinski definition) is 3. The smallest absolute Gasteiger partial charge is 0.367 e. The Kier molecular flexibility index (Phi) is 7.71. The number of esters is 1. The largest absolute Gasteiger partial charge is 0.422 e. The van der Waals surface area contributed by atoms with Gasteiger partial charge in [-0.15, -0.1) is 0 Å². The first-order valence-corrected chi connectivity index (χ1v) is 9.11. The van der Waals surface area contributed by atoms with Gasteiger partial charge in [-0.1, -0.05) is 18.2 Å². The van der Waals surface area contributed by atoms with Gasteiger partial charge in [0.2, 0.25) is 0 Å². The van der Waals surface area contributed by atoms with E-state index >= 15 is 0 Å². The molecular formula is C21H26N3O4+. The number of ether oxygens (including phenoxy) is 1. The maximum atomic E-state index is 12.1. The molecule has 0 saturated carbocycles. The molecule has 1 atom stereocenters. The number of carbonyl (C=O) groups excluding carboxylic acids is 3. The Bertz CT molecular complexity index is 804. The van der Waals surface area contributed by atoms with Gasteiger partial charge in [0.15, 0.2) is 13.1 Å². The summed E-state index contributed by atoms with van der Waals surface area (Å²) in [7, 11) is 1.75. The van der Waals surface area contributed by atoms with Gasteiger partial charge in [0.25, 0.3) is 11.8 Å². The number of amides is 2. The summed E-state index contributed by atoms with van der Waals surface area (Å²) in [5.41, 5.74) is 1.16. The third-order valence-corrected chi connectivity index (χ3v) is 3.74. The molecule has 0 spiro atoms. The van der Waals surface area contributed by atoms with Crippen LogP contribution in [0.15, 0.2) is 54.6 Å². The fraction of sp³-hybridized carbons (Fsp3) is 0.286. The molecule has 0 saturated heterocycles. The first-order chi connectivity index (χ1) is 13.3. The molecule has 0 aliphatic rings. The van der Waals surface area contributed by atoms with Crippen LogP contribution in [0.5, 0.6) is 5.75 Å². The van der Waals surface area contributed by atoms with Crippen molar-refractivity contribution in [2.45, 2.75) is 19.9 Å². The molecule has 0 fully saturated rings. The predicted molar refractivity (Wildman–Crippen MR) is 106 cm³/mol. The molecule has 7 heteroatoms. The van der Waals surface area contributed by atoms with Gasteiger partial charge in [-0.05, 0) is 50.2 Å². The topological polar surface area (TPSA) is 88.9 Å². The normalized spacial score (nSPS) is 11.6. The van der Waals surface area contributed by atoms with Crippen LogP contribution in [-0.4, -0.2) is 44.0 Å². The van der Waals surface area contributed by atoms with E-state index in [-0.39, 0.29) is 30.9 Å². The Morgan fingerprint density at radius 3 is 2.21 bits per heavy atom. The van der Waals surface area contributed by atoms with Gasteiger partial charge in [-0.25, -0.2) is 4.79 Å². The zero-order valence-corrected chi connectivity index (χ0v) is 16.3. The number of hydrogen-bond acceptors (Lipinski definition) is 4. The quantitative estimate of drug-likeness (QED) is 0.466. The SMILES string of the molecule is CC(C)NC(=O)C[NH+](C)CC(=O)Oc1ccc(NC(=O)c2ccccc2)cc1. The first-order valence-electron chi connectivity index (χ1n) is 9.11. The summed E-state index contributed by atoms with van der Waals surface area (Å²) in [6.07, 6.45) is 0. The van der Waals surface area contributed by atoms with Crippen molar-refractivity contribution in [2.75, 3.05) is 25.5 Å². The summed E-state index contributed by atoms with van der Waals surface area (Å²) in [6, 6.07) is 15.5. The number of anilines is 1. The molecule has 7 nitrogen and oxygen atoms in total. The second-order valence-electron chi connectivity index (χ2n) is 6.85. The van der Waals surface area contributed by atoms with Crippen LogP contribution < -0.4 is 20.3 Å². The van der Waals surface area contributed by atoms with Gasteiger partial charge in [-0.2, -0.15) is 0 Å². The highest BCUT2D eigenvalue weighted by molar-refractivity contribution is 6.04. The summed E-state index contributed by atoms with van der Waals surface area (Å²) in [5, 5.41) is 5.56. The van der Waals surface area contributed by atoms with Crippen molar-refractivity contribution >= 4 is 23.5 Å². The van der Waals surface area contributed by atoms with E-state index in [1.807, 2.05) is 19.9 Å². The highest BCUT2D eigenvalue weighted by atomic mass is 16.5. The number of carbonyl (C=O) groups is 3. The molecule has 0 aromatic heterocycles. The van der Waals surface area contributed by atoms with Crippen molar-refractivity contribution in [3.63, 3.8) is 0 Å². The molecule has 3 N–H and O–H groups in total. The molecule has 1 unspecified atom stereocenters. The molecule has 0 aliphatic carbocycles. The Labute approximate surface area is 164 Å². The minimum atomic E-state index is -0.434. The average molecular weight is 384 g/mol. The van der Waals surface area contributed by atoms with E-state index in [4.69, 9.17) is 4.74 Å². The van der Waals surface area contributed by atoms with Crippen LogP contribution in [0.4, 0.5) is 5.69 Å². The number of nitrogens with one attached hydrogen (secondary N) is 3. The van der Waals surface area contributed by atoms with Crippen LogP contribution >= 0.6 is 0 Å². The summed E-state index contributed by atoms with van der Waals surface area (Å²) in [6.45, 7) is 4.02. The van der Waals surface area contributed by atoms with E-state index in [2.05, 4.69) is 10.6 Å². The average Bonchev–Trinajstić information content (AvgIpc) is 2.63. The Morgan fingerprint density at radius 1 is 0.964 bits per heavy atom. The van der Waals surface area contributed by atoms with Crippen molar-refractivity contribution in [1.82, 2.24) is 5.32 Å². The number of likely N-dealkylation sites (N-methyl/N-ethyl adjacent to an activating group) is 1. The first kappa shape index (κ1) is 21.1. The summed E-state index contributed by atoms with van der Waals surface area (Å²) < 4.78 is 5.29. The molecule has 2 aromatic rings. The third kappa shape index (κ3) is 7.20. The van der Waals surface area contributed by atoms with Gasteiger partial charge in [0, 0.05) is 17.3 Å². The van der Waals surface area contributed by atoms with Crippen molar-refractivity contribution in [3.8, 4) is 5.75 Å². The molecule has 2 rings (SSSR count). The summed E-state index contributed by atoms with van der Waals surface area (Å²) in [4.78, 5) is 36.6. The lowest BCUT2D eigenvalue weighted by atomic mass is 10.2. The molecule has 0 heterocycles. The van der Waals surface area contributed by atoms with Crippen LogP contribution in [0.3, 0.4) is 0 Å². The summed E-state index contributed by atoms with van der Waals surface area (Å²) >= 11 is 0. The van der Waals surface area contributed by atoms with Crippen molar-refractivity contribution in [3.05, 3.63) is 60.2 Å². The van der Waals surface area contributed by atoms with Gasteiger partial charge in [0.1, 0.15) is 5.75 Å². The zero-order chi connectivity index (χ0) is 20.5. The van der Waals surface area contributed by atoms with Gasteiger partial charge < -0.3 is 20.3 Å². The maximum absolute atomic E-state index is 12.1. The molecule has 28 heavy (non-hydrogen) atoms. The standard InChI is InChI=1S/C21H25N3O4/c1-15(2)22-19(25)13-24(3)14-20(26)28-18-11-9-17(10-12-18)23-21(27)16-7-5-4-6-8-16/h4-12,15H,13-14H2,1-3H3,(H,22,25)(H,23,27)/p+1. The fourth-order valence-corrected chi connectivity index (χ4v) is 2.52. The summed E-state index contributed by atoms with van der Waals surface area (Å²) in [5.74, 6) is -0.382.